The van der Waals surface area contributed by atoms with Gasteiger partial charge in [-0.2, -0.15) is 0 Å². The summed E-state index contributed by atoms with van der Waals surface area (Å²) in [4.78, 5) is 0. The zero-order valence-electron chi connectivity index (χ0n) is 11.6. The maximum atomic E-state index is 5.93. The van der Waals surface area contributed by atoms with E-state index in [1.54, 1.807) is 0 Å². The molecule has 0 radical (unpaired) electrons. The van der Waals surface area contributed by atoms with Gasteiger partial charge in [0.1, 0.15) is 12.4 Å². The smallest absolute Gasteiger partial charge is 0.123 e. The van der Waals surface area contributed by atoms with E-state index in [1.165, 1.54) is 5.56 Å². The maximum absolute atomic E-state index is 5.93. The molecule has 2 rings (SSSR count). The topological polar surface area (TPSA) is 35.2 Å². The Labute approximate surface area is 115 Å². The predicted octanol–water partition coefficient (Wildman–Crippen LogP) is 3.85. The van der Waals surface area contributed by atoms with E-state index in [1.807, 2.05) is 24.3 Å². The monoisotopic (exact) mass is 255 g/mol. The Bertz CT molecular complexity index is 517. The number of rotatable bonds is 5. The van der Waals surface area contributed by atoms with Crippen molar-refractivity contribution in [3.63, 3.8) is 0 Å². The Morgan fingerprint density at radius 2 is 1.58 bits per heavy atom. The molecule has 0 unspecified atom stereocenters. The summed E-state index contributed by atoms with van der Waals surface area (Å²) in [6, 6.07) is 16.5. The highest BCUT2D eigenvalue weighted by molar-refractivity contribution is 5.35. The maximum Gasteiger partial charge on any atom is 0.123 e. The van der Waals surface area contributed by atoms with E-state index in [9.17, 15) is 0 Å². The van der Waals surface area contributed by atoms with Crippen LogP contribution in [0.1, 0.15) is 36.5 Å². The van der Waals surface area contributed by atoms with Crippen LogP contribution in [0.4, 0.5) is 0 Å². The van der Waals surface area contributed by atoms with Crippen molar-refractivity contribution in [2.24, 2.45) is 5.73 Å². The van der Waals surface area contributed by atoms with E-state index in [-0.39, 0.29) is 0 Å². The number of ether oxygens (including phenoxy) is 1. The van der Waals surface area contributed by atoms with Crippen molar-refractivity contribution in [3.05, 3.63) is 65.2 Å². The van der Waals surface area contributed by atoms with Crippen LogP contribution in [0.3, 0.4) is 0 Å². The van der Waals surface area contributed by atoms with Gasteiger partial charge in [0.15, 0.2) is 0 Å². The van der Waals surface area contributed by atoms with Crippen molar-refractivity contribution in [2.75, 3.05) is 0 Å². The fraction of sp³-hybridized carbons (Fsp3) is 0.294. The fourth-order valence-electron chi connectivity index (χ4n) is 2.02. The molecule has 0 heterocycles. The van der Waals surface area contributed by atoms with Gasteiger partial charge in [0, 0.05) is 6.54 Å². The highest BCUT2D eigenvalue weighted by Crippen LogP contribution is 2.26. The van der Waals surface area contributed by atoms with Gasteiger partial charge in [0.2, 0.25) is 0 Å². The molecule has 0 spiro atoms. The van der Waals surface area contributed by atoms with Gasteiger partial charge in [0.25, 0.3) is 0 Å². The minimum Gasteiger partial charge on any atom is -0.489 e. The minimum atomic E-state index is 0.468. The number of nitrogens with two attached hydrogens (primary N) is 1. The third-order valence-electron chi connectivity index (χ3n) is 3.19. The summed E-state index contributed by atoms with van der Waals surface area (Å²) in [5.41, 5.74) is 9.15. The van der Waals surface area contributed by atoms with E-state index in [4.69, 9.17) is 10.5 Å². The van der Waals surface area contributed by atoms with Crippen LogP contribution >= 0.6 is 0 Å². The molecule has 0 bridgehead atoms. The summed E-state index contributed by atoms with van der Waals surface area (Å²) in [5, 5.41) is 0. The van der Waals surface area contributed by atoms with Crippen LogP contribution in [0, 0.1) is 0 Å². The lowest BCUT2D eigenvalue weighted by Gasteiger charge is -2.14. The second-order valence-corrected chi connectivity index (χ2v) is 5.00. The molecular weight excluding hydrogens is 234 g/mol. The van der Waals surface area contributed by atoms with Gasteiger partial charge in [0.05, 0.1) is 0 Å². The molecule has 0 aliphatic heterocycles. The van der Waals surface area contributed by atoms with Gasteiger partial charge in [-0.05, 0) is 28.7 Å². The normalized spacial score (nSPS) is 10.7. The Kier molecular flexibility index (Phi) is 4.58. The van der Waals surface area contributed by atoms with Gasteiger partial charge >= 0.3 is 0 Å². The summed E-state index contributed by atoms with van der Waals surface area (Å²) >= 11 is 0. The Hall–Kier alpha value is -1.80. The van der Waals surface area contributed by atoms with Gasteiger partial charge < -0.3 is 10.5 Å². The first-order chi connectivity index (χ1) is 9.20. The summed E-state index contributed by atoms with van der Waals surface area (Å²) in [7, 11) is 0. The lowest BCUT2D eigenvalue weighted by Crippen LogP contribution is -2.01. The predicted molar refractivity (Wildman–Crippen MR) is 79.2 cm³/mol. The molecule has 0 aliphatic rings. The lowest BCUT2D eigenvalue weighted by atomic mass is 10.0. The number of hydrogen-bond acceptors (Lipinski definition) is 2. The molecule has 0 fully saturated rings. The molecule has 0 amide bonds. The first kappa shape index (κ1) is 13.6. The van der Waals surface area contributed by atoms with E-state index < -0.39 is 0 Å². The van der Waals surface area contributed by atoms with Crippen LogP contribution in [-0.4, -0.2) is 0 Å². The number of para-hydroxylation sites is 1. The summed E-state index contributed by atoms with van der Waals surface area (Å²) in [6.07, 6.45) is 0. The molecule has 2 heteroatoms. The molecule has 0 aliphatic carbocycles. The SMILES string of the molecule is CC(C)c1ccccc1OCc1ccc(CN)cc1. The van der Waals surface area contributed by atoms with Crippen molar-refractivity contribution >= 4 is 0 Å². The van der Waals surface area contributed by atoms with Gasteiger partial charge in [-0.25, -0.2) is 0 Å². The summed E-state index contributed by atoms with van der Waals surface area (Å²) in [6.45, 7) is 5.53. The largest absolute Gasteiger partial charge is 0.489 e. The van der Waals surface area contributed by atoms with Gasteiger partial charge in [-0.15, -0.1) is 0 Å². The van der Waals surface area contributed by atoms with Crippen LogP contribution in [0.5, 0.6) is 5.75 Å². The van der Waals surface area contributed by atoms with Crippen LogP contribution in [-0.2, 0) is 13.2 Å². The van der Waals surface area contributed by atoms with Crippen molar-refractivity contribution in [1.82, 2.24) is 0 Å². The van der Waals surface area contributed by atoms with Crippen LogP contribution in [0.15, 0.2) is 48.5 Å². The van der Waals surface area contributed by atoms with Crippen LogP contribution in [0.25, 0.3) is 0 Å². The van der Waals surface area contributed by atoms with E-state index in [2.05, 4.69) is 38.1 Å². The molecule has 2 aromatic rings. The van der Waals surface area contributed by atoms with Gasteiger partial charge in [-0.3, -0.25) is 0 Å². The standard InChI is InChI=1S/C17H21NO/c1-13(2)16-5-3-4-6-17(16)19-12-15-9-7-14(11-18)8-10-15/h3-10,13H,11-12,18H2,1-2H3. The zero-order valence-corrected chi connectivity index (χ0v) is 11.6. The average Bonchev–Trinajstić information content (AvgIpc) is 2.46. The number of benzene rings is 2. The molecule has 19 heavy (non-hydrogen) atoms. The van der Waals surface area contributed by atoms with Crippen LogP contribution in [0.2, 0.25) is 0 Å². The molecule has 0 atom stereocenters. The van der Waals surface area contributed by atoms with Crippen molar-refractivity contribution in [2.45, 2.75) is 32.9 Å². The zero-order chi connectivity index (χ0) is 13.7. The van der Waals surface area contributed by atoms with E-state index in [0.29, 0.717) is 19.1 Å². The molecule has 0 saturated carbocycles. The van der Waals surface area contributed by atoms with Crippen molar-refractivity contribution in [1.29, 1.82) is 0 Å². The Balaban J connectivity index is 2.05. The third kappa shape index (κ3) is 3.58. The third-order valence-corrected chi connectivity index (χ3v) is 3.19. The second kappa shape index (κ2) is 6.39. The Morgan fingerprint density at radius 3 is 2.21 bits per heavy atom. The highest BCUT2D eigenvalue weighted by atomic mass is 16.5. The van der Waals surface area contributed by atoms with Crippen LogP contribution < -0.4 is 10.5 Å². The first-order valence-corrected chi connectivity index (χ1v) is 6.70. The number of hydrogen-bond donors (Lipinski definition) is 1. The first-order valence-electron chi connectivity index (χ1n) is 6.70. The van der Waals surface area contributed by atoms with E-state index >= 15 is 0 Å². The molecule has 0 saturated heterocycles. The summed E-state index contributed by atoms with van der Waals surface area (Å²) < 4.78 is 5.93. The molecule has 2 aromatic carbocycles. The molecule has 2 nitrogen and oxygen atoms in total. The summed E-state index contributed by atoms with van der Waals surface area (Å²) in [5.74, 6) is 1.44. The average molecular weight is 255 g/mol. The fourth-order valence-corrected chi connectivity index (χ4v) is 2.02. The molecule has 2 N–H and O–H groups in total. The quantitative estimate of drug-likeness (QED) is 0.880. The van der Waals surface area contributed by atoms with Crippen molar-refractivity contribution < 1.29 is 4.74 Å². The molecule has 0 aromatic heterocycles. The molecule has 100 valence electrons. The lowest BCUT2D eigenvalue weighted by molar-refractivity contribution is 0.302. The van der Waals surface area contributed by atoms with Crippen molar-refractivity contribution in [3.8, 4) is 5.75 Å². The minimum absolute atomic E-state index is 0.468. The second-order valence-electron chi connectivity index (χ2n) is 5.00. The van der Waals surface area contributed by atoms with Gasteiger partial charge in [-0.1, -0.05) is 56.3 Å². The van der Waals surface area contributed by atoms with E-state index in [0.717, 1.165) is 16.9 Å². The Morgan fingerprint density at radius 1 is 0.947 bits per heavy atom. The highest BCUT2D eigenvalue weighted by Gasteiger charge is 2.06. The molecular formula is C17H21NO.